The van der Waals surface area contributed by atoms with Crippen LogP contribution < -0.4 is 5.32 Å². The highest BCUT2D eigenvalue weighted by Crippen LogP contribution is 2.19. The second kappa shape index (κ2) is 6.66. The molecule has 108 valence electrons. The van der Waals surface area contributed by atoms with E-state index in [0.29, 0.717) is 24.4 Å². The van der Waals surface area contributed by atoms with Crippen molar-refractivity contribution in [3.63, 3.8) is 0 Å². The van der Waals surface area contributed by atoms with Crippen molar-refractivity contribution in [3.05, 3.63) is 35.4 Å². The van der Waals surface area contributed by atoms with E-state index in [1.54, 1.807) is 6.07 Å². The van der Waals surface area contributed by atoms with Gasteiger partial charge in [0.2, 0.25) is 5.91 Å². The van der Waals surface area contributed by atoms with Crippen LogP contribution in [0.4, 0.5) is 0 Å². The van der Waals surface area contributed by atoms with Gasteiger partial charge in [0, 0.05) is 12.1 Å². The molecule has 4 heteroatoms. The molecule has 1 aliphatic rings. The van der Waals surface area contributed by atoms with Crippen molar-refractivity contribution in [2.75, 3.05) is 19.6 Å². The van der Waals surface area contributed by atoms with Gasteiger partial charge in [-0.3, -0.25) is 14.5 Å². The molecule has 0 aliphatic carbocycles. The van der Waals surface area contributed by atoms with Crippen LogP contribution in [-0.2, 0) is 11.2 Å². The predicted molar refractivity (Wildman–Crippen MR) is 78.5 cm³/mol. The molecule has 1 aliphatic heterocycles. The van der Waals surface area contributed by atoms with Gasteiger partial charge in [0.25, 0.3) is 5.91 Å². The molecule has 0 saturated heterocycles. The normalized spacial score (nSPS) is 14.8. The Balaban J connectivity index is 1.90. The number of nitrogens with one attached hydrogen (secondary N) is 1. The smallest absolute Gasteiger partial charge is 0.260 e. The summed E-state index contributed by atoms with van der Waals surface area (Å²) in [6, 6.07) is 7.36. The quantitative estimate of drug-likeness (QED) is 0.636. The third kappa shape index (κ3) is 3.45. The van der Waals surface area contributed by atoms with E-state index in [1.807, 2.05) is 18.2 Å². The number of fused-ring (bicyclic) bond motifs is 1. The molecule has 0 bridgehead atoms. The third-order valence-electron chi connectivity index (χ3n) is 3.42. The first-order valence-corrected chi connectivity index (χ1v) is 7.23. The maximum absolute atomic E-state index is 12.3. The SMILES string of the molecule is CC(C)CNCCCN1C(=O)Cc2ccccc2C1=O. The number of benzene rings is 1. The molecule has 0 fully saturated rings. The Hall–Kier alpha value is -1.68. The zero-order valence-electron chi connectivity index (χ0n) is 12.2. The van der Waals surface area contributed by atoms with Crippen LogP contribution in [0.2, 0.25) is 0 Å². The first-order chi connectivity index (χ1) is 9.59. The fraction of sp³-hybridized carbons (Fsp3) is 0.500. The number of hydrogen-bond acceptors (Lipinski definition) is 3. The Bertz CT molecular complexity index is 497. The lowest BCUT2D eigenvalue weighted by molar-refractivity contribution is -0.128. The van der Waals surface area contributed by atoms with E-state index in [2.05, 4.69) is 19.2 Å². The van der Waals surface area contributed by atoms with Crippen molar-refractivity contribution in [2.45, 2.75) is 26.7 Å². The molecular weight excluding hydrogens is 252 g/mol. The summed E-state index contributed by atoms with van der Waals surface area (Å²) in [6.07, 6.45) is 1.13. The Morgan fingerprint density at radius 2 is 2.00 bits per heavy atom. The number of carbonyl (C=O) groups is 2. The van der Waals surface area contributed by atoms with Crippen molar-refractivity contribution in [1.82, 2.24) is 10.2 Å². The molecule has 2 amide bonds. The summed E-state index contributed by atoms with van der Waals surface area (Å²) in [7, 11) is 0. The minimum atomic E-state index is -0.152. The monoisotopic (exact) mass is 274 g/mol. The molecule has 0 atom stereocenters. The van der Waals surface area contributed by atoms with E-state index in [-0.39, 0.29) is 11.8 Å². The van der Waals surface area contributed by atoms with Crippen LogP contribution in [0.15, 0.2) is 24.3 Å². The van der Waals surface area contributed by atoms with Gasteiger partial charge in [-0.15, -0.1) is 0 Å². The Kier molecular flexibility index (Phi) is 4.90. The van der Waals surface area contributed by atoms with E-state index < -0.39 is 0 Å². The number of carbonyl (C=O) groups excluding carboxylic acids is 2. The van der Waals surface area contributed by atoms with Crippen LogP contribution in [-0.4, -0.2) is 36.3 Å². The number of hydrogen-bond donors (Lipinski definition) is 1. The number of nitrogens with zero attached hydrogens (tertiary/aromatic N) is 1. The first kappa shape index (κ1) is 14.7. The highest BCUT2D eigenvalue weighted by Gasteiger charge is 2.29. The molecule has 0 aromatic heterocycles. The summed E-state index contributed by atoms with van der Waals surface area (Å²) >= 11 is 0. The number of rotatable bonds is 6. The lowest BCUT2D eigenvalue weighted by Gasteiger charge is -2.26. The molecular formula is C16H22N2O2. The molecule has 1 aromatic carbocycles. The Morgan fingerprint density at radius 1 is 1.25 bits per heavy atom. The largest absolute Gasteiger partial charge is 0.316 e. The van der Waals surface area contributed by atoms with Crippen molar-refractivity contribution in [2.24, 2.45) is 5.92 Å². The minimum Gasteiger partial charge on any atom is -0.316 e. The molecule has 0 radical (unpaired) electrons. The van der Waals surface area contributed by atoms with Gasteiger partial charge in [0.15, 0.2) is 0 Å². The molecule has 1 aromatic rings. The molecule has 4 nitrogen and oxygen atoms in total. The summed E-state index contributed by atoms with van der Waals surface area (Å²) in [5, 5.41) is 3.32. The van der Waals surface area contributed by atoms with Gasteiger partial charge < -0.3 is 5.32 Å². The standard InChI is InChI=1S/C16H22N2O2/c1-12(2)11-17-8-5-9-18-15(19)10-13-6-3-4-7-14(13)16(18)20/h3-4,6-7,12,17H,5,8-11H2,1-2H3. The second-order valence-electron chi connectivity index (χ2n) is 5.64. The van der Waals surface area contributed by atoms with E-state index in [4.69, 9.17) is 0 Å². The maximum atomic E-state index is 12.3. The second-order valence-corrected chi connectivity index (χ2v) is 5.64. The van der Waals surface area contributed by atoms with Gasteiger partial charge in [-0.1, -0.05) is 32.0 Å². The average Bonchev–Trinajstić information content (AvgIpc) is 2.41. The van der Waals surface area contributed by atoms with Crippen LogP contribution in [0.25, 0.3) is 0 Å². The highest BCUT2D eigenvalue weighted by atomic mass is 16.2. The van der Waals surface area contributed by atoms with Gasteiger partial charge in [0.05, 0.1) is 6.42 Å². The van der Waals surface area contributed by atoms with Gasteiger partial charge in [-0.2, -0.15) is 0 Å². The molecule has 0 unspecified atom stereocenters. The lowest BCUT2D eigenvalue weighted by Crippen LogP contribution is -2.43. The Labute approximate surface area is 120 Å². The van der Waals surface area contributed by atoms with Crippen LogP contribution in [0, 0.1) is 5.92 Å². The average molecular weight is 274 g/mol. The molecule has 2 rings (SSSR count). The zero-order chi connectivity index (χ0) is 14.5. The zero-order valence-corrected chi connectivity index (χ0v) is 12.2. The summed E-state index contributed by atoms with van der Waals surface area (Å²) in [6.45, 7) is 6.60. The maximum Gasteiger partial charge on any atom is 0.260 e. The molecule has 0 spiro atoms. The lowest BCUT2D eigenvalue weighted by atomic mass is 9.98. The molecule has 0 saturated carbocycles. The van der Waals surface area contributed by atoms with Crippen LogP contribution in [0.3, 0.4) is 0 Å². The van der Waals surface area contributed by atoms with E-state index in [9.17, 15) is 9.59 Å². The van der Waals surface area contributed by atoms with Gasteiger partial charge >= 0.3 is 0 Å². The molecule has 1 heterocycles. The molecule has 20 heavy (non-hydrogen) atoms. The number of amides is 2. The summed E-state index contributed by atoms with van der Waals surface area (Å²) in [5.41, 5.74) is 1.51. The fourth-order valence-electron chi connectivity index (χ4n) is 2.38. The highest BCUT2D eigenvalue weighted by molar-refractivity contribution is 6.09. The van der Waals surface area contributed by atoms with E-state index >= 15 is 0 Å². The first-order valence-electron chi connectivity index (χ1n) is 7.23. The van der Waals surface area contributed by atoms with Crippen LogP contribution >= 0.6 is 0 Å². The van der Waals surface area contributed by atoms with Crippen LogP contribution in [0.1, 0.15) is 36.2 Å². The predicted octanol–water partition coefficient (Wildman–Crippen LogP) is 1.85. The van der Waals surface area contributed by atoms with Gasteiger partial charge in [-0.05, 0) is 37.1 Å². The third-order valence-corrected chi connectivity index (χ3v) is 3.42. The van der Waals surface area contributed by atoms with Crippen molar-refractivity contribution in [1.29, 1.82) is 0 Å². The number of imide groups is 1. The minimum absolute atomic E-state index is 0.0856. The van der Waals surface area contributed by atoms with Gasteiger partial charge in [-0.25, -0.2) is 0 Å². The van der Waals surface area contributed by atoms with E-state index in [1.165, 1.54) is 4.90 Å². The van der Waals surface area contributed by atoms with Crippen molar-refractivity contribution < 1.29 is 9.59 Å². The topological polar surface area (TPSA) is 49.4 Å². The fourth-order valence-corrected chi connectivity index (χ4v) is 2.38. The summed E-state index contributed by atoms with van der Waals surface area (Å²) < 4.78 is 0. The van der Waals surface area contributed by atoms with Crippen molar-refractivity contribution in [3.8, 4) is 0 Å². The van der Waals surface area contributed by atoms with Crippen LogP contribution in [0.5, 0.6) is 0 Å². The van der Waals surface area contributed by atoms with E-state index in [0.717, 1.165) is 25.1 Å². The Morgan fingerprint density at radius 3 is 2.75 bits per heavy atom. The summed E-state index contributed by atoms with van der Waals surface area (Å²) in [4.78, 5) is 25.7. The van der Waals surface area contributed by atoms with Gasteiger partial charge in [0.1, 0.15) is 0 Å². The summed E-state index contributed by atoms with van der Waals surface area (Å²) in [5.74, 6) is 0.374. The van der Waals surface area contributed by atoms with Crippen molar-refractivity contribution >= 4 is 11.8 Å². The molecule has 1 N–H and O–H groups in total.